The van der Waals surface area contributed by atoms with E-state index in [9.17, 15) is 15.4 Å². The zero-order valence-corrected chi connectivity index (χ0v) is 12.3. The first kappa shape index (κ1) is 14.7. The van der Waals surface area contributed by atoms with E-state index in [2.05, 4.69) is 16.4 Å². The third kappa shape index (κ3) is 3.24. The van der Waals surface area contributed by atoms with Crippen LogP contribution in [0, 0.1) is 35.3 Å². The van der Waals surface area contributed by atoms with Crippen molar-refractivity contribution in [2.75, 3.05) is 5.32 Å². The number of allylic oxidation sites excluding steroid dienone is 1. The van der Waals surface area contributed by atoms with Gasteiger partial charge in [-0.1, -0.05) is 6.07 Å². The molecule has 1 aromatic heterocycles. The van der Waals surface area contributed by atoms with Gasteiger partial charge in [-0.3, -0.25) is 10.1 Å². The first-order valence-corrected chi connectivity index (χ1v) is 6.94. The number of nitrogens with one attached hydrogen (secondary N) is 1. The summed E-state index contributed by atoms with van der Waals surface area (Å²) in [6, 6.07) is 6.84. The molecule has 1 heterocycles. The van der Waals surface area contributed by atoms with Gasteiger partial charge in [0.15, 0.2) is 0 Å². The van der Waals surface area contributed by atoms with E-state index in [1.165, 1.54) is 23.6 Å². The Hall–Kier alpha value is -2.72. The van der Waals surface area contributed by atoms with Gasteiger partial charge in [-0.15, -0.1) is 11.3 Å². The molecule has 0 radical (unpaired) electrons. The smallest absolute Gasteiger partial charge is 0.274 e. The fourth-order valence-electron chi connectivity index (χ4n) is 1.75. The number of nitriles is 1. The Morgan fingerprint density at radius 2 is 2.29 bits per heavy atom. The van der Waals surface area contributed by atoms with Crippen molar-refractivity contribution in [1.82, 2.24) is 4.98 Å². The van der Waals surface area contributed by atoms with E-state index in [-0.39, 0.29) is 5.69 Å². The Bertz CT molecular complexity index is 759. The Labute approximate surface area is 125 Å². The molecule has 0 aliphatic heterocycles. The highest BCUT2D eigenvalue weighted by Crippen LogP contribution is 2.26. The molecule has 1 aromatic carbocycles. The quantitative estimate of drug-likeness (QED) is 0.528. The lowest BCUT2D eigenvalue weighted by molar-refractivity contribution is -0.385. The van der Waals surface area contributed by atoms with Gasteiger partial charge in [0.2, 0.25) is 0 Å². The molecule has 0 amide bonds. The van der Waals surface area contributed by atoms with E-state index in [1.54, 1.807) is 19.1 Å². The van der Waals surface area contributed by atoms with Crippen LogP contribution in [-0.2, 0) is 0 Å². The van der Waals surface area contributed by atoms with Gasteiger partial charge < -0.3 is 5.32 Å². The maximum absolute atomic E-state index is 10.9. The molecular weight excluding hydrogens is 288 g/mol. The number of nitro benzene ring substituents is 1. The second-order valence-corrected chi connectivity index (χ2v) is 5.17. The van der Waals surface area contributed by atoms with Crippen molar-refractivity contribution in [2.24, 2.45) is 0 Å². The number of aromatic nitrogens is 1. The minimum absolute atomic E-state index is 0.0389. The molecule has 2 aromatic rings. The maximum Gasteiger partial charge on any atom is 0.274 e. The van der Waals surface area contributed by atoms with E-state index in [0.29, 0.717) is 21.8 Å². The van der Waals surface area contributed by atoms with Crippen molar-refractivity contribution in [3.63, 3.8) is 0 Å². The van der Waals surface area contributed by atoms with Crippen LogP contribution in [-0.4, -0.2) is 9.91 Å². The molecule has 21 heavy (non-hydrogen) atoms. The largest absolute Gasteiger partial charge is 0.360 e. The highest BCUT2D eigenvalue weighted by molar-refractivity contribution is 7.10. The minimum atomic E-state index is -0.431. The molecule has 0 spiro atoms. The van der Waals surface area contributed by atoms with E-state index in [4.69, 9.17) is 0 Å². The molecule has 6 nitrogen and oxygen atoms in total. The molecule has 1 N–H and O–H groups in total. The van der Waals surface area contributed by atoms with Crippen molar-refractivity contribution < 1.29 is 4.92 Å². The maximum atomic E-state index is 10.9. The Kier molecular flexibility index (Phi) is 4.30. The summed E-state index contributed by atoms with van der Waals surface area (Å²) in [7, 11) is 0. The molecule has 0 aliphatic carbocycles. The molecule has 0 aliphatic rings. The Morgan fingerprint density at radius 1 is 1.52 bits per heavy atom. The summed E-state index contributed by atoms with van der Waals surface area (Å²) in [4.78, 5) is 14.7. The Morgan fingerprint density at radius 3 is 2.86 bits per heavy atom. The van der Waals surface area contributed by atoms with Gasteiger partial charge in [-0.25, -0.2) is 4.98 Å². The lowest BCUT2D eigenvalue weighted by Crippen LogP contribution is -1.97. The zero-order valence-electron chi connectivity index (χ0n) is 11.5. The van der Waals surface area contributed by atoms with Crippen LogP contribution in [0.3, 0.4) is 0 Å². The van der Waals surface area contributed by atoms with Crippen molar-refractivity contribution in [3.05, 3.63) is 56.2 Å². The monoisotopic (exact) mass is 300 g/mol. The number of nitro groups is 1. The van der Waals surface area contributed by atoms with E-state index < -0.39 is 4.92 Å². The molecule has 0 saturated carbocycles. The van der Waals surface area contributed by atoms with Gasteiger partial charge in [-0.2, -0.15) is 5.26 Å². The lowest BCUT2D eigenvalue weighted by Gasteiger charge is -2.06. The molecule has 0 bridgehead atoms. The second kappa shape index (κ2) is 6.15. The van der Waals surface area contributed by atoms with Gasteiger partial charge in [0.1, 0.15) is 16.6 Å². The molecule has 2 rings (SSSR count). The molecule has 7 heteroatoms. The molecule has 0 fully saturated rings. The average molecular weight is 300 g/mol. The normalized spacial score (nSPS) is 11.0. The zero-order chi connectivity index (χ0) is 15.4. The molecular formula is C14H12N4O2S. The van der Waals surface area contributed by atoms with Gasteiger partial charge in [-0.05, 0) is 19.9 Å². The first-order chi connectivity index (χ1) is 10.0. The standard InChI is InChI=1S/C14H12N4O2S/c1-9-8-21-14(17-9)11(6-15)7-16-12-4-3-5-13(10(12)2)18(19)20/h3-5,7-8,16H,1-2H3/b11-7+. The summed E-state index contributed by atoms with van der Waals surface area (Å²) in [5.41, 5.74) is 2.38. The topological polar surface area (TPSA) is 91.8 Å². The number of rotatable bonds is 4. The van der Waals surface area contributed by atoms with Crippen LogP contribution >= 0.6 is 11.3 Å². The van der Waals surface area contributed by atoms with Crippen LogP contribution in [0.25, 0.3) is 5.57 Å². The van der Waals surface area contributed by atoms with Crippen LogP contribution in [0.5, 0.6) is 0 Å². The third-order valence-electron chi connectivity index (χ3n) is 2.84. The molecule has 0 atom stereocenters. The van der Waals surface area contributed by atoms with Crippen LogP contribution in [0.4, 0.5) is 11.4 Å². The minimum Gasteiger partial charge on any atom is -0.360 e. The number of aryl methyl sites for hydroxylation is 1. The fourth-order valence-corrected chi connectivity index (χ4v) is 2.51. The van der Waals surface area contributed by atoms with Gasteiger partial charge in [0, 0.05) is 29.0 Å². The second-order valence-electron chi connectivity index (χ2n) is 4.32. The number of anilines is 1. The highest BCUT2D eigenvalue weighted by atomic mass is 32.1. The SMILES string of the molecule is Cc1csc(/C(C#N)=C/Nc2cccc([N+](=O)[O-])c2C)n1. The fraction of sp³-hybridized carbons (Fsp3) is 0.143. The number of benzene rings is 1. The van der Waals surface area contributed by atoms with Crippen LogP contribution in [0.2, 0.25) is 0 Å². The predicted octanol–water partition coefficient (Wildman–Crippen LogP) is 3.64. The number of hydrogen-bond acceptors (Lipinski definition) is 6. The average Bonchev–Trinajstić information content (AvgIpc) is 2.87. The highest BCUT2D eigenvalue weighted by Gasteiger charge is 2.13. The molecule has 0 saturated heterocycles. The van der Waals surface area contributed by atoms with Crippen molar-refractivity contribution >= 4 is 28.3 Å². The summed E-state index contributed by atoms with van der Waals surface area (Å²) in [6.07, 6.45) is 1.52. The molecule has 0 unspecified atom stereocenters. The van der Waals surface area contributed by atoms with E-state index in [0.717, 1.165) is 5.69 Å². The summed E-state index contributed by atoms with van der Waals surface area (Å²) >= 11 is 1.38. The van der Waals surface area contributed by atoms with Crippen molar-refractivity contribution in [3.8, 4) is 6.07 Å². The summed E-state index contributed by atoms with van der Waals surface area (Å²) in [5.74, 6) is 0. The van der Waals surface area contributed by atoms with Crippen molar-refractivity contribution in [2.45, 2.75) is 13.8 Å². The van der Waals surface area contributed by atoms with E-state index in [1.807, 2.05) is 12.3 Å². The third-order valence-corrected chi connectivity index (χ3v) is 3.84. The van der Waals surface area contributed by atoms with Crippen LogP contribution in [0.1, 0.15) is 16.3 Å². The van der Waals surface area contributed by atoms with Gasteiger partial charge >= 0.3 is 0 Å². The van der Waals surface area contributed by atoms with Gasteiger partial charge in [0.05, 0.1) is 10.5 Å². The predicted molar refractivity (Wildman–Crippen MR) is 81.9 cm³/mol. The van der Waals surface area contributed by atoms with Crippen molar-refractivity contribution in [1.29, 1.82) is 5.26 Å². The first-order valence-electron chi connectivity index (χ1n) is 6.06. The Balaban J connectivity index is 2.30. The number of hydrogen-bond donors (Lipinski definition) is 1. The van der Waals surface area contributed by atoms with Gasteiger partial charge in [0.25, 0.3) is 5.69 Å². The molecule has 106 valence electrons. The van der Waals surface area contributed by atoms with Crippen LogP contribution in [0.15, 0.2) is 29.8 Å². The number of thiazole rings is 1. The summed E-state index contributed by atoms with van der Waals surface area (Å²) in [5, 5.41) is 25.5. The van der Waals surface area contributed by atoms with E-state index >= 15 is 0 Å². The summed E-state index contributed by atoms with van der Waals surface area (Å²) < 4.78 is 0. The van der Waals surface area contributed by atoms with Crippen LogP contribution < -0.4 is 5.32 Å². The summed E-state index contributed by atoms with van der Waals surface area (Å²) in [6.45, 7) is 3.51. The number of nitrogens with zero attached hydrogens (tertiary/aromatic N) is 3. The lowest BCUT2D eigenvalue weighted by atomic mass is 10.1.